The van der Waals surface area contributed by atoms with E-state index in [1.54, 1.807) is 0 Å². The van der Waals surface area contributed by atoms with Gasteiger partial charge in [0.1, 0.15) is 5.15 Å². The Labute approximate surface area is 87.0 Å². The summed E-state index contributed by atoms with van der Waals surface area (Å²) in [7, 11) is 0. The SMILES string of the molecule is Cc1cc(/C=C/C(=O)O)c(Cl)nc1C. The van der Waals surface area contributed by atoms with E-state index in [1.807, 2.05) is 19.9 Å². The van der Waals surface area contributed by atoms with E-state index >= 15 is 0 Å². The fraction of sp³-hybridized carbons (Fsp3) is 0.200. The molecular formula is C10H10ClNO2. The quantitative estimate of drug-likeness (QED) is 0.604. The van der Waals surface area contributed by atoms with Crippen LogP contribution in [0.3, 0.4) is 0 Å². The van der Waals surface area contributed by atoms with Crippen molar-refractivity contribution in [3.63, 3.8) is 0 Å². The molecule has 1 heterocycles. The van der Waals surface area contributed by atoms with Gasteiger partial charge in [-0.1, -0.05) is 11.6 Å². The number of carboxylic acids is 1. The van der Waals surface area contributed by atoms with E-state index in [0.717, 1.165) is 17.3 Å². The van der Waals surface area contributed by atoms with E-state index in [0.29, 0.717) is 10.7 Å². The lowest BCUT2D eigenvalue weighted by Gasteiger charge is -2.02. The standard InChI is InChI=1S/C10H10ClNO2/c1-6-5-8(3-4-9(13)14)10(11)12-7(6)2/h3-5H,1-2H3,(H,13,14)/b4-3+. The third-order valence-electron chi connectivity index (χ3n) is 1.85. The topological polar surface area (TPSA) is 50.2 Å². The van der Waals surface area contributed by atoms with Crippen LogP contribution in [0.4, 0.5) is 0 Å². The maximum Gasteiger partial charge on any atom is 0.328 e. The highest BCUT2D eigenvalue weighted by molar-refractivity contribution is 6.31. The van der Waals surface area contributed by atoms with E-state index in [-0.39, 0.29) is 0 Å². The third-order valence-corrected chi connectivity index (χ3v) is 2.15. The number of nitrogens with zero attached hydrogens (tertiary/aromatic N) is 1. The molecule has 0 saturated heterocycles. The maximum atomic E-state index is 10.3. The number of hydrogen-bond donors (Lipinski definition) is 1. The molecule has 0 aliphatic heterocycles. The average Bonchev–Trinajstić information content (AvgIpc) is 2.09. The Morgan fingerprint density at radius 2 is 2.21 bits per heavy atom. The molecule has 1 rings (SSSR count). The molecule has 14 heavy (non-hydrogen) atoms. The molecule has 4 heteroatoms. The predicted molar refractivity (Wildman–Crippen MR) is 55.4 cm³/mol. The van der Waals surface area contributed by atoms with Gasteiger partial charge in [-0.05, 0) is 31.6 Å². The summed E-state index contributed by atoms with van der Waals surface area (Å²) in [6, 6.07) is 1.81. The molecule has 1 aromatic heterocycles. The van der Waals surface area contributed by atoms with Crippen LogP contribution in [0.1, 0.15) is 16.8 Å². The van der Waals surface area contributed by atoms with Crippen LogP contribution in [-0.2, 0) is 4.79 Å². The average molecular weight is 212 g/mol. The van der Waals surface area contributed by atoms with Crippen molar-refractivity contribution in [3.8, 4) is 0 Å². The number of aryl methyl sites for hydroxylation is 2. The first kappa shape index (κ1) is 10.7. The number of aliphatic carboxylic acids is 1. The summed E-state index contributed by atoms with van der Waals surface area (Å²) in [6.07, 6.45) is 2.47. The molecule has 0 aliphatic rings. The minimum absolute atomic E-state index is 0.325. The van der Waals surface area contributed by atoms with Gasteiger partial charge in [-0.2, -0.15) is 0 Å². The Balaban J connectivity index is 3.10. The van der Waals surface area contributed by atoms with Crippen LogP contribution < -0.4 is 0 Å². The van der Waals surface area contributed by atoms with Crippen LogP contribution in [0.25, 0.3) is 6.08 Å². The van der Waals surface area contributed by atoms with E-state index in [1.165, 1.54) is 6.08 Å². The molecule has 3 nitrogen and oxygen atoms in total. The summed E-state index contributed by atoms with van der Waals surface area (Å²) >= 11 is 5.83. The van der Waals surface area contributed by atoms with Gasteiger partial charge in [0.05, 0.1) is 0 Å². The molecule has 0 fully saturated rings. The number of halogens is 1. The van der Waals surface area contributed by atoms with Crippen molar-refractivity contribution in [2.45, 2.75) is 13.8 Å². The molecule has 0 aromatic carbocycles. The molecule has 74 valence electrons. The van der Waals surface area contributed by atoms with Crippen molar-refractivity contribution in [2.75, 3.05) is 0 Å². The number of pyridine rings is 1. The summed E-state index contributed by atoms with van der Waals surface area (Å²) in [5.41, 5.74) is 2.46. The van der Waals surface area contributed by atoms with E-state index in [4.69, 9.17) is 16.7 Å². The van der Waals surface area contributed by atoms with Crippen molar-refractivity contribution in [2.24, 2.45) is 0 Å². The van der Waals surface area contributed by atoms with Crippen molar-refractivity contribution >= 4 is 23.6 Å². The van der Waals surface area contributed by atoms with E-state index in [9.17, 15) is 4.79 Å². The van der Waals surface area contributed by atoms with Crippen molar-refractivity contribution in [1.82, 2.24) is 4.98 Å². The monoisotopic (exact) mass is 211 g/mol. The van der Waals surface area contributed by atoms with Gasteiger partial charge in [-0.3, -0.25) is 0 Å². The zero-order valence-corrected chi connectivity index (χ0v) is 8.67. The van der Waals surface area contributed by atoms with Crippen LogP contribution in [-0.4, -0.2) is 16.1 Å². The first-order valence-corrected chi connectivity index (χ1v) is 4.43. The van der Waals surface area contributed by atoms with Gasteiger partial charge in [0.2, 0.25) is 0 Å². The predicted octanol–water partition coefficient (Wildman–Crippen LogP) is 2.45. The van der Waals surface area contributed by atoms with Crippen molar-refractivity contribution in [1.29, 1.82) is 0 Å². The highest BCUT2D eigenvalue weighted by Gasteiger charge is 2.02. The molecule has 0 saturated carbocycles. The first-order valence-electron chi connectivity index (χ1n) is 4.05. The summed E-state index contributed by atoms with van der Waals surface area (Å²) in [5, 5.41) is 8.76. The third kappa shape index (κ3) is 2.57. The van der Waals surface area contributed by atoms with Crippen LogP contribution in [0.2, 0.25) is 5.15 Å². The summed E-state index contributed by atoms with van der Waals surface area (Å²) in [5.74, 6) is -1.00. The van der Waals surface area contributed by atoms with Gasteiger partial charge in [0, 0.05) is 17.3 Å². The largest absolute Gasteiger partial charge is 0.478 e. The molecule has 0 bridgehead atoms. The Kier molecular flexibility index (Phi) is 3.25. The first-order chi connectivity index (χ1) is 6.50. The van der Waals surface area contributed by atoms with Gasteiger partial charge in [-0.25, -0.2) is 9.78 Å². The molecule has 0 unspecified atom stereocenters. The molecule has 0 aliphatic carbocycles. The normalized spacial score (nSPS) is 10.8. The molecule has 0 radical (unpaired) electrons. The molecule has 1 N–H and O–H groups in total. The molecule has 0 amide bonds. The minimum Gasteiger partial charge on any atom is -0.478 e. The van der Waals surface area contributed by atoms with E-state index in [2.05, 4.69) is 4.98 Å². The van der Waals surface area contributed by atoms with Crippen molar-refractivity contribution < 1.29 is 9.90 Å². The van der Waals surface area contributed by atoms with Gasteiger partial charge in [0.25, 0.3) is 0 Å². The number of rotatable bonds is 2. The summed E-state index contributed by atoms with van der Waals surface area (Å²) in [6.45, 7) is 3.75. The van der Waals surface area contributed by atoms with Crippen LogP contribution in [0.5, 0.6) is 0 Å². The lowest BCUT2D eigenvalue weighted by Crippen LogP contribution is -1.91. The Morgan fingerprint density at radius 3 is 2.79 bits per heavy atom. The van der Waals surface area contributed by atoms with Gasteiger partial charge < -0.3 is 5.11 Å². The van der Waals surface area contributed by atoms with E-state index < -0.39 is 5.97 Å². The van der Waals surface area contributed by atoms with Gasteiger partial charge >= 0.3 is 5.97 Å². The lowest BCUT2D eigenvalue weighted by molar-refractivity contribution is -0.131. The summed E-state index contributed by atoms with van der Waals surface area (Å²) in [4.78, 5) is 14.4. The Bertz CT molecular complexity index is 399. The number of carbonyl (C=O) groups is 1. The Hall–Kier alpha value is -1.35. The highest BCUT2D eigenvalue weighted by Crippen LogP contribution is 2.18. The lowest BCUT2D eigenvalue weighted by atomic mass is 10.1. The number of hydrogen-bond acceptors (Lipinski definition) is 2. The summed E-state index contributed by atoms with van der Waals surface area (Å²) < 4.78 is 0. The number of aromatic nitrogens is 1. The second-order valence-electron chi connectivity index (χ2n) is 2.94. The van der Waals surface area contributed by atoms with Crippen molar-refractivity contribution in [3.05, 3.63) is 34.1 Å². The molecule has 1 aromatic rings. The minimum atomic E-state index is -1.00. The van der Waals surface area contributed by atoms with Gasteiger partial charge in [-0.15, -0.1) is 0 Å². The smallest absolute Gasteiger partial charge is 0.328 e. The fourth-order valence-electron chi connectivity index (χ4n) is 0.975. The molecular weight excluding hydrogens is 202 g/mol. The fourth-order valence-corrected chi connectivity index (χ4v) is 1.22. The van der Waals surface area contributed by atoms with Crippen LogP contribution >= 0.6 is 11.6 Å². The maximum absolute atomic E-state index is 10.3. The highest BCUT2D eigenvalue weighted by atomic mass is 35.5. The van der Waals surface area contributed by atoms with Crippen LogP contribution in [0.15, 0.2) is 12.1 Å². The van der Waals surface area contributed by atoms with Gasteiger partial charge in [0.15, 0.2) is 0 Å². The zero-order valence-electron chi connectivity index (χ0n) is 7.91. The second-order valence-corrected chi connectivity index (χ2v) is 3.30. The molecule has 0 atom stereocenters. The second kappa shape index (κ2) is 4.24. The number of carboxylic acid groups (broad SMARTS) is 1. The Morgan fingerprint density at radius 1 is 1.57 bits per heavy atom. The van der Waals surface area contributed by atoms with Crippen LogP contribution in [0, 0.1) is 13.8 Å². The molecule has 0 spiro atoms. The zero-order chi connectivity index (χ0) is 10.7.